The van der Waals surface area contributed by atoms with Crippen LogP contribution < -0.4 is 10.6 Å². The standard InChI is InChI=1S/C14H14N2O2S2/c1-18-13(17)10-4-6-11(7-5-10)16-14(19)15-9-12-3-2-8-20-12/h2-8H,9H2,1H3,(H2,15,16,19). The molecule has 2 N–H and O–H groups in total. The quantitative estimate of drug-likeness (QED) is 0.672. The minimum absolute atomic E-state index is 0.352. The summed E-state index contributed by atoms with van der Waals surface area (Å²) in [5.74, 6) is -0.352. The third kappa shape index (κ3) is 4.04. The van der Waals surface area contributed by atoms with E-state index in [0.29, 0.717) is 17.2 Å². The lowest BCUT2D eigenvalue weighted by atomic mass is 10.2. The van der Waals surface area contributed by atoms with Crippen molar-refractivity contribution in [1.29, 1.82) is 0 Å². The summed E-state index contributed by atoms with van der Waals surface area (Å²) in [6, 6.07) is 11.0. The normalized spacial score (nSPS) is 9.85. The molecule has 0 saturated carbocycles. The first-order valence-electron chi connectivity index (χ1n) is 5.94. The zero-order chi connectivity index (χ0) is 14.4. The third-order valence-electron chi connectivity index (χ3n) is 2.57. The number of benzene rings is 1. The van der Waals surface area contributed by atoms with E-state index in [1.165, 1.54) is 12.0 Å². The predicted molar refractivity (Wildman–Crippen MR) is 85.2 cm³/mol. The summed E-state index contributed by atoms with van der Waals surface area (Å²) < 4.78 is 4.64. The second-order valence-electron chi connectivity index (χ2n) is 3.96. The third-order valence-corrected chi connectivity index (χ3v) is 3.69. The minimum Gasteiger partial charge on any atom is -0.465 e. The molecule has 0 spiro atoms. The molecule has 0 aliphatic carbocycles. The van der Waals surface area contributed by atoms with Gasteiger partial charge in [0.2, 0.25) is 0 Å². The van der Waals surface area contributed by atoms with E-state index in [4.69, 9.17) is 12.2 Å². The van der Waals surface area contributed by atoms with Gasteiger partial charge in [-0.1, -0.05) is 6.07 Å². The summed E-state index contributed by atoms with van der Waals surface area (Å²) >= 11 is 6.88. The molecular formula is C14H14N2O2S2. The zero-order valence-corrected chi connectivity index (χ0v) is 12.5. The van der Waals surface area contributed by atoms with Gasteiger partial charge in [-0.05, 0) is 47.9 Å². The van der Waals surface area contributed by atoms with E-state index >= 15 is 0 Å². The minimum atomic E-state index is -0.352. The van der Waals surface area contributed by atoms with Gasteiger partial charge in [-0.3, -0.25) is 0 Å². The molecule has 1 heterocycles. The summed E-state index contributed by atoms with van der Waals surface area (Å²) in [6.07, 6.45) is 0. The lowest BCUT2D eigenvalue weighted by Crippen LogP contribution is -2.27. The van der Waals surface area contributed by atoms with Crippen molar-refractivity contribution in [2.75, 3.05) is 12.4 Å². The van der Waals surface area contributed by atoms with Crippen LogP contribution in [0.2, 0.25) is 0 Å². The van der Waals surface area contributed by atoms with Crippen LogP contribution in [0.1, 0.15) is 15.2 Å². The van der Waals surface area contributed by atoms with Crippen molar-refractivity contribution in [1.82, 2.24) is 5.32 Å². The summed E-state index contributed by atoms with van der Waals surface area (Å²) in [7, 11) is 1.36. The highest BCUT2D eigenvalue weighted by molar-refractivity contribution is 7.80. The van der Waals surface area contributed by atoms with E-state index in [-0.39, 0.29) is 5.97 Å². The van der Waals surface area contributed by atoms with Crippen LogP contribution in [0.15, 0.2) is 41.8 Å². The van der Waals surface area contributed by atoms with Crippen LogP contribution in [0.25, 0.3) is 0 Å². The van der Waals surface area contributed by atoms with Crippen LogP contribution in [-0.4, -0.2) is 18.2 Å². The number of ether oxygens (including phenoxy) is 1. The maximum absolute atomic E-state index is 11.3. The molecule has 0 aliphatic heterocycles. The van der Waals surface area contributed by atoms with Crippen molar-refractivity contribution in [2.45, 2.75) is 6.54 Å². The van der Waals surface area contributed by atoms with Crippen molar-refractivity contribution in [3.8, 4) is 0 Å². The number of methoxy groups -OCH3 is 1. The van der Waals surface area contributed by atoms with Gasteiger partial charge < -0.3 is 15.4 Å². The Hall–Kier alpha value is -1.92. The van der Waals surface area contributed by atoms with Crippen LogP contribution in [0.3, 0.4) is 0 Å². The molecule has 20 heavy (non-hydrogen) atoms. The number of nitrogens with one attached hydrogen (secondary N) is 2. The molecule has 104 valence electrons. The van der Waals surface area contributed by atoms with Gasteiger partial charge in [-0.2, -0.15) is 0 Å². The van der Waals surface area contributed by atoms with Gasteiger partial charge in [-0.15, -0.1) is 11.3 Å². The van der Waals surface area contributed by atoms with Gasteiger partial charge in [-0.25, -0.2) is 4.79 Å². The zero-order valence-electron chi connectivity index (χ0n) is 10.9. The molecule has 1 aromatic heterocycles. The Morgan fingerprint density at radius 2 is 2.05 bits per heavy atom. The van der Waals surface area contributed by atoms with Gasteiger partial charge >= 0.3 is 5.97 Å². The number of thiophene rings is 1. The summed E-state index contributed by atoms with van der Waals surface area (Å²) in [5.41, 5.74) is 1.33. The van der Waals surface area contributed by atoms with E-state index in [1.54, 1.807) is 35.6 Å². The van der Waals surface area contributed by atoms with E-state index < -0.39 is 0 Å². The first-order valence-corrected chi connectivity index (χ1v) is 7.23. The fourth-order valence-electron chi connectivity index (χ4n) is 1.56. The molecule has 0 aliphatic rings. The molecular weight excluding hydrogens is 292 g/mol. The van der Waals surface area contributed by atoms with Crippen LogP contribution in [-0.2, 0) is 11.3 Å². The van der Waals surface area contributed by atoms with Crippen LogP contribution in [0.5, 0.6) is 0 Å². The molecule has 0 fully saturated rings. The van der Waals surface area contributed by atoms with Gasteiger partial charge in [0.05, 0.1) is 19.2 Å². The Morgan fingerprint density at radius 3 is 2.65 bits per heavy atom. The average molecular weight is 306 g/mol. The highest BCUT2D eigenvalue weighted by Crippen LogP contribution is 2.11. The van der Waals surface area contributed by atoms with Crippen LogP contribution >= 0.6 is 23.6 Å². The Morgan fingerprint density at radius 1 is 1.30 bits per heavy atom. The maximum atomic E-state index is 11.3. The van der Waals surface area contributed by atoms with Crippen molar-refractivity contribution in [3.05, 3.63) is 52.2 Å². The first kappa shape index (κ1) is 14.5. The molecule has 1 aromatic carbocycles. The summed E-state index contributed by atoms with van der Waals surface area (Å²) in [6.45, 7) is 0.698. The van der Waals surface area contributed by atoms with Crippen molar-refractivity contribution in [3.63, 3.8) is 0 Å². The van der Waals surface area contributed by atoms with Gasteiger partial charge in [0, 0.05) is 10.6 Å². The van der Waals surface area contributed by atoms with Crippen molar-refractivity contribution >= 4 is 40.3 Å². The molecule has 0 unspecified atom stereocenters. The highest BCUT2D eigenvalue weighted by atomic mass is 32.1. The van der Waals surface area contributed by atoms with E-state index in [2.05, 4.69) is 15.4 Å². The summed E-state index contributed by atoms with van der Waals surface area (Å²) in [5, 5.41) is 8.75. The Balaban J connectivity index is 1.86. The van der Waals surface area contributed by atoms with E-state index in [9.17, 15) is 4.79 Å². The monoisotopic (exact) mass is 306 g/mol. The molecule has 6 heteroatoms. The van der Waals surface area contributed by atoms with Crippen molar-refractivity contribution in [2.24, 2.45) is 0 Å². The highest BCUT2D eigenvalue weighted by Gasteiger charge is 2.05. The number of thiocarbonyl (C=S) groups is 1. The SMILES string of the molecule is COC(=O)c1ccc(NC(=S)NCc2cccs2)cc1. The second kappa shape index (κ2) is 7.02. The predicted octanol–water partition coefficient (Wildman–Crippen LogP) is 3.02. The Labute approximate surface area is 126 Å². The number of anilines is 1. The average Bonchev–Trinajstić information content (AvgIpc) is 2.98. The van der Waals surface area contributed by atoms with Crippen molar-refractivity contribution < 1.29 is 9.53 Å². The number of carbonyl (C=O) groups excluding carboxylic acids is 1. The number of hydrogen-bond donors (Lipinski definition) is 2. The molecule has 2 rings (SSSR count). The Kier molecular flexibility index (Phi) is 5.09. The fourth-order valence-corrected chi connectivity index (χ4v) is 2.40. The lowest BCUT2D eigenvalue weighted by Gasteiger charge is -2.10. The molecule has 4 nitrogen and oxygen atoms in total. The molecule has 0 amide bonds. The van der Waals surface area contributed by atoms with Gasteiger partial charge in [0.15, 0.2) is 5.11 Å². The molecule has 0 saturated heterocycles. The first-order chi connectivity index (χ1) is 9.69. The number of carbonyl (C=O) groups is 1. The topological polar surface area (TPSA) is 50.4 Å². The second-order valence-corrected chi connectivity index (χ2v) is 5.40. The van der Waals surface area contributed by atoms with Crippen LogP contribution in [0, 0.1) is 0 Å². The molecule has 0 bridgehead atoms. The smallest absolute Gasteiger partial charge is 0.337 e. The number of hydrogen-bond acceptors (Lipinski definition) is 4. The number of rotatable bonds is 4. The number of esters is 1. The van der Waals surface area contributed by atoms with Gasteiger partial charge in [0.25, 0.3) is 0 Å². The molecule has 2 aromatic rings. The van der Waals surface area contributed by atoms with E-state index in [0.717, 1.165) is 5.69 Å². The van der Waals surface area contributed by atoms with Crippen LogP contribution in [0.4, 0.5) is 5.69 Å². The fraction of sp³-hybridized carbons (Fsp3) is 0.143. The largest absolute Gasteiger partial charge is 0.465 e. The maximum Gasteiger partial charge on any atom is 0.337 e. The Bertz CT molecular complexity index is 580. The van der Waals surface area contributed by atoms with Gasteiger partial charge in [0.1, 0.15) is 0 Å². The van der Waals surface area contributed by atoms with E-state index in [1.807, 2.05) is 17.5 Å². The molecule has 0 radical (unpaired) electrons. The molecule has 0 atom stereocenters. The lowest BCUT2D eigenvalue weighted by molar-refractivity contribution is 0.0601. The summed E-state index contributed by atoms with van der Waals surface area (Å²) in [4.78, 5) is 12.5.